The summed E-state index contributed by atoms with van der Waals surface area (Å²) >= 11 is 3.48. The standard InChI is InChI=1S/C21H24BrNO6/c1-3-26-20(24)23-11-10-16-12-17(22)19(18(13-16)29-21(25)27-4-2)28-14-15-8-6-5-7-9-15/h5-9,12-13H,3-4,10-11,14H2,1-2H3,(H,23,24). The number of nitrogens with one attached hydrogen (secondary N) is 1. The normalized spacial score (nSPS) is 10.2. The minimum atomic E-state index is -0.814. The Kier molecular flexibility index (Phi) is 9.30. The number of benzene rings is 2. The second kappa shape index (κ2) is 12.0. The van der Waals surface area contributed by atoms with Gasteiger partial charge in [0.05, 0.1) is 17.7 Å². The van der Waals surface area contributed by atoms with Crippen LogP contribution < -0.4 is 14.8 Å². The third-order valence-electron chi connectivity index (χ3n) is 3.71. The summed E-state index contributed by atoms with van der Waals surface area (Å²) < 4.78 is 21.6. The lowest BCUT2D eigenvalue weighted by Crippen LogP contribution is -2.26. The molecule has 0 atom stereocenters. The fraction of sp³-hybridized carbons (Fsp3) is 0.333. The smallest absolute Gasteiger partial charge is 0.484 e. The van der Waals surface area contributed by atoms with Crippen molar-refractivity contribution in [3.8, 4) is 11.5 Å². The number of halogens is 1. The molecule has 0 bridgehead atoms. The molecule has 2 aromatic rings. The zero-order chi connectivity index (χ0) is 21.1. The van der Waals surface area contributed by atoms with Crippen molar-refractivity contribution in [2.75, 3.05) is 19.8 Å². The van der Waals surface area contributed by atoms with Crippen LogP contribution in [0.1, 0.15) is 25.0 Å². The van der Waals surface area contributed by atoms with Crippen LogP contribution in [-0.4, -0.2) is 32.0 Å². The third-order valence-corrected chi connectivity index (χ3v) is 4.30. The zero-order valence-electron chi connectivity index (χ0n) is 16.4. The SMILES string of the molecule is CCOC(=O)NCCc1cc(Br)c(OCc2ccccc2)c(OC(=O)OCC)c1. The predicted octanol–water partition coefficient (Wildman–Crippen LogP) is 4.85. The van der Waals surface area contributed by atoms with Gasteiger partial charge in [0.1, 0.15) is 6.61 Å². The molecule has 0 radical (unpaired) electrons. The summed E-state index contributed by atoms with van der Waals surface area (Å²) in [6, 6.07) is 13.2. The van der Waals surface area contributed by atoms with Crippen LogP contribution in [0.15, 0.2) is 46.9 Å². The molecule has 0 spiro atoms. The quantitative estimate of drug-likeness (QED) is 0.420. The maximum Gasteiger partial charge on any atom is 0.513 e. The molecule has 0 saturated heterocycles. The molecule has 7 nitrogen and oxygen atoms in total. The Balaban J connectivity index is 2.14. The van der Waals surface area contributed by atoms with Crippen molar-refractivity contribution in [3.63, 3.8) is 0 Å². The van der Waals surface area contributed by atoms with Gasteiger partial charge in [0, 0.05) is 6.54 Å². The lowest BCUT2D eigenvalue weighted by atomic mass is 10.1. The molecule has 0 heterocycles. The van der Waals surface area contributed by atoms with Gasteiger partial charge < -0.3 is 24.3 Å². The number of carbonyl (C=O) groups excluding carboxylic acids is 2. The van der Waals surface area contributed by atoms with Crippen LogP contribution >= 0.6 is 15.9 Å². The van der Waals surface area contributed by atoms with Crippen LogP contribution in [0.5, 0.6) is 11.5 Å². The van der Waals surface area contributed by atoms with Crippen molar-refractivity contribution in [2.24, 2.45) is 0 Å². The van der Waals surface area contributed by atoms with E-state index in [1.54, 1.807) is 19.9 Å². The average Bonchev–Trinajstić information content (AvgIpc) is 2.68. The fourth-order valence-electron chi connectivity index (χ4n) is 2.44. The van der Waals surface area contributed by atoms with E-state index in [9.17, 15) is 9.59 Å². The Labute approximate surface area is 178 Å². The van der Waals surface area contributed by atoms with E-state index in [1.807, 2.05) is 36.4 Å². The summed E-state index contributed by atoms with van der Waals surface area (Å²) in [5, 5.41) is 2.65. The molecule has 0 fully saturated rings. The van der Waals surface area contributed by atoms with E-state index in [2.05, 4.69) is 21.2 Å². The summed E-state index contributed by atoms with van der Waals surface area (Å²) in [5.41, 5.74) is 1.81. The van der Waals surface area contributed by atoms with Gasteiger partial charge in [0.2, 0.25) is 0 Å². The topological polar surface area (TPSA) is 83.1 Å². The first-order chi connectivity index (χ1) is 14.0. The van der Waals surface area contributed by atoms with Gasteiger partial charge in [0.15, 0.2) is 11.5 Å². The van der Waals surface area contributed by atoms with Crippen LogP contribution in [0.3, 0.4) is 0 Å². The van der Waals surface area contributed by atoms with Gasteiger partial charge in [-0.15, -0.1) is 0 Å². The van der Waals surface area contributed by atoms with Crippen LogP contribution in [0.2, 0.25) is 0 Å². The van der Waals surface area contributed by atoms with E-state index in [0.717, 1.165) is 11.1 Å². The molecule has 1 N–H and O–H groups in total. The highest BCUT2D eigenvalue weighted by Crippen LogP contribution is 2.37. The van der Waals surface area contributed by atoms with E-state index in [-0.39, 0.29) is 12.4 Å². The monoisotopic (exact) mass is 465 g/mol. The Morgan fingerprint density at radius 2 is 1.72 bits per heavy atom. The van der Waals surface area contributed by atoms with Gasteiger partial charge in [-0.2, -0.15) is 0 Å². The van der Waals surface area contributed by atoms with E-state index < -0.39 is 12.2 Å². The molecule has 0 unspecified atom stereocenters. The largest absolute Gasteiger partial charge is 0.513 e. The molecular weight excluding hydrogens is 442 g/mol. The number of hydrogen-bond acceptors (Lipinski definition) is 6. The van der Waals surface area contributed by atoms with Crippen molar-refractivity contribution in [1.82, 2.24) is 5.32 Å². The first-order valence-corrected chi connectivity index (χ1v) is 10.1. The van der Waals surface area contributed by atoms with Crippen molar-refractivity contribution < 1.29 is 28.5 Å². The molecule has 2 aromatic carbocycles. The number of amides is 1. The minimum Gasteiger partial charge on any atom is -0.484 e. The zero-order valence-corrected chi connectivity index (χ0v) is 18.0. The molecule has 1 amide bonds. The second-order valence-electron chi connectivity index (χ2n) is 5.86. The van der Waals surface area contributed by atoms with Crippen molar-refractivity contribution >= 4 is 28.2 Å². The molecule has 156 valence electrons. The van der Waals surface area contributed by atoms with Crippen LogP contribution in [0.4, 0.5) is 9.59 Å². The molecule has 0 saturated carbocycles. The van der Waals surface area contributed by atoms with E-state index in [1.165, 1.54) is 0 Å². The molecule has 2 rings (SSSR count). The summed E-state index contributed by atoms with van der Waals surface area (Å²) in [6.07, 6.45) is -0.779. The Hall–Kier alpha value is -2.74. The molecule has 0 aliphatic heterocycles. The highest BCUT2D eigenvalue weighted by Gasteiger charge is 2.17. The molecule has 8 heteroatoms. The summed E-state index contributed by atoms with van der Waals surface area (Å²) in [4.78, 5) is 23.3. The molecule has 0 aromatic heterocycles. The number of alkyl carbamates (subject to hydrolysis) is 1. The van der Waals surface area contributed by atoms with Crippen molar-refractivity contribution in [3.05, 3.63) is 58.1 Å². The highest BCUT2D eigenvalue weighted by atomic mass is 79.9. The van der Waals surface area contributed by atoms with Gasteiger partial charge in [-0.3, -0.25) is 0 Å². The summed E-state index contributed by atoms with van der Waals surface area (Å²) in [6.45, 7) is 4.62. The maximum atomic E-state index is 11.8. The first kappa shape index (κ1) is 22.5. The van der Waals surface area contributed by atoms with Crippen molar-refractivity contribution in [2.45, 2.75) is 26.9 Å². The van der Waals surface area contributed by atoms with Crippen LogP contribution in [0, 0.1) is 0 Å². The van der Waals surface area contributed by atoms with Gasteiger partial charge in [0.25, 0.3) is 0 Å². The fourth-order valence-corrected chi connectivity index (χ4v) is 3.04. The lowest BCUT2D eigenvalue weighted by Gasteiger charge is -2.15. The van der Waals surface area contributed by atoms with E-state index >= 15 is 0 Å². The Morgan fingerprint density at radius 3 is 2.41 bits per heavy atom. The Morgan fingerprint density at radius 1 is 1.00 bits per heavy atom. The van der Waals surface area contributed by atoms with Crippen LogP contribution in [0.25, 0.3) is 0 Å². The average molecular weight is 466 g/mol. The van der Waals surface area contributed by atoms with Gasteiger partial charge in [-0.05, 0) is 59.5 Å². The number of carbonyl (C=O) groups is 2. The van der Waals surface area contributed by atoms with Crippen LogP contribution in [-0.2, 0) is 22.5 Å². The molecule has 0 aliphatic rings. The summed E-state index contributed by atoms with van der Waals surface area (Å²) in [7, 11) is 0. The first-order valence-electron chi connectivity index (χ1n) is 9.27. The van der Waals surface area contributed by atoms with Gasteiger partial charge >= 0.3 is 12.2 Å². The predicted molar refractivity (Wildman–Crippen MR) is 111 cm³/mol. The highest BCUT2D eigenvalue weighted by molar-refractivity contribution is 9.10. The van der Waals surface area contributed by atoms with Gasteiger partial charge in [-0.1, -0.05) is 30.3 Å². The number of ether oxygens (including phenoxy) is 4. The van der Waals surface area contributed by atoms with Crippen molar-refractivity contribution in [1.29, 1.82) is 0 Å². The summed E-state index contributed by atoms with van der Waals surface area (Å²) in [5.74, 6) is 0.629. The molecular formula is C21H24BrNO6. The maximum absolute atomic E-state index is 11.8. The Bertz CT molecular complexity index is 812. The number of rotatable bonds is 9. The second-order valence-corrected chi connectivity index (χ2v) is 6.72. The third kappa shape index (κ3) is 7.65. The number of hydrogen-bond donors (Lipinski definition) is 1. The molecule has 29 heavy (non-hydrogen) atoms. The minimum absolute atomic E-state index is 0.198. The molecule has 0 aliphatic carbocycles. The van der Waals surface area contributed by atoms with E-state index in [0.29, 0.717) is 36.4 Å². The van der Waals surface area contributed by atoms with Gasteiger partial charge in [-0.25, -0.2) is 9.59 Å². The van der Waals surface area contributed by atoms with E-state index in [4.69, 9.17) is 18.9 Å². The lowest BCUT2D eigenvalue weighted by molar-refractivity contribution is 0.102.